The van der Waals surface area contributed by atoms with Crippen molar-refractivity contribution < 1.29 is 14.7 Å². The highest BCUT2D eigenvalue weighted by atomic mass is 16.4. The van der Waals surface area contributed by atoms with E-state index in [1.165, 1.54) is 18.4 Å². The van der Waals surface area contributed by atoms with Gasteiger partial charge in [0, 0.05) is 13.1 Å². The molecule has 0 aliphatic carbocycles. The molecule has 4 heteroatoms. The smallest absolute Gasteiger partial charge is 0.326 e. The number of carbonyl (C=O) groups excluding carboxylic acids is 1. The van der Waals surface area contributed by atoms with Crippen molar-refractivity contribution in [2.24, 2.45) is 0 Å². The molecule has 70 valence electrons. The minimum atomic E-state index is -0.946. The number of rotatable bonds is 3. The van der Waals surface area contributed by atoms with Crippen LogP contribution in [0.5, 0.6) is 0 Å². The third-order valence-corrected chi connectivity index (χ3v) is 1.91. The zero-order valence-electron chi connectivity index (χ0n) is 7.52. The maximum atomic E-state index is 11.0. The Balaban J connectivity index is 3.07. The van der Waals surface area contributed by atoms with Crippen molar-refractivity contribution in [1.29, 1.82) is 0 Å². The van der Waals surface area contributed by atoms with E-state index in [0.29, 0.717) is 5.69 Å². The third-order valence-electron chi connectivity index (χ3n) is 1.91. The van der Waals surface area contributed by atoms with E-state index >= 15 is 0 Å². The maximum absolute atomic E-state index is 11.0. The summed E-state index contributed by atoms with van der Waals surface area (Å²) in [6.07, 6.45) is 1.59. The largest absolute Gasteiger partial charge is 0.480 e. The fourth-order valence-corrected chi connectivity index (χ4v) is 1.15. The average Bonchev–Trinajstić information content (AvgIpc) is 2.50. The average molecular weight is 181 g/mol. The summed E-state index contributed by atoms with van der Waals surface area (Å²) in [5.41, 5.74) is 0.426. The number of carboxylic acids is 1. The van der Waals surface area contributed by atoms with E-state index in [-0.39, 0.29) is 5.78 Å². The lowest BCUT2D eigenvalue weighted by atomic mass is 10.3. The Bertz CT molecular complexity index is 340. The molecule has 0 aromatic carbocycles. The number of aromatic nitrogens is 1. The van der Waals surface area contributed by atoms with Gasteiger partial charge in [0.1, 0.15) is 6.04 Å². The second kappa shape index (κ2) is 3.43. The molecule has 4 nitrogen and oxygen atoms in total. The fourth-order valence-electron chi connectivity index (χ4n) is 1.15. The first-order valence-corrected chi connectivity index (χ1v) is 3.94. The van der Waals surface area contributed by atoms with E-state index in [1.807, 2.05) is 0 Å². The highest BCUT2D eigenvalue weighted by Crippen LogP contribution is 2.12. The molecule has 1 atom stereocenters. The van der Waals surface area contributed by atoms with Crippen LogP contribution in [-0.2, 0) is 4.79 Å². The molecule has 1 aromatic rings. The topological polar surface area (TPSA) is 59.3 Å². The van der Waals surface area contributed by atoms with Gasteiger partial charge in [-0.15, -0.1) is 0 Å². The van der Waals surface area contributed by atoms with E-state index in [9.17, 15) is 9.59 Å². The van der Waals surface area contributed by atoms with Crippen LogP contribution in [0.4, 0.5) is 0 Å². The molecule has 0 aliphatic heterocycles. The normalized spacial score (nSPS) is 12.5. The summed E-state index contributed by atoms with van der Waals surface area (Å²) in [5, 5.41) is 8.73. The van der Waals surface area contributed by atoms with Crippen molar-refractivity contribution in [3.63, 3.8) is 0 Å². The van der Waals surface area contributed by atoms with Gasteiger partial charge in [0.25, 0.3) is 0 Å². The molecule has 0 fully saturated rings. The van der Waals surface area contributed by atoms with E-state index < -0.39 is 12.0 Å². The Labute approximate surface area is 75.8 Å². The van der Waals surface area contributed by atoms with Gasteiger partial charge in [-0.1, -0.05) is 0 Å². The number of aliphatic carboxylic acids is 1. The molecule has 0 unspecified atom stereocenters. The number of Topliss-reactive ketones (excluding diaryl/α,β-unsaturated/α-hetero) is 1. The van der Waals surface area contributed by atoms with Crippen molar-refractivity contribution in [2.75, 3.05) is 0 Å². The van der Waals surface area contributed by atoms with Gasteiger partial charge < -0.3 is 9.67 Å². The Hall–Kier alpha value is -1.58. The first-order chi connectivity index (χ1) is 6.04. The number of hydrogen-bond acceptors (Lipinski definition) is 2. The lowest BCUT2D eigenvalue weighted by molar-refractivity contribution is -0.140. The van der Waals surface area contributed by atoms with Gasteiger partial charge >= 0.3 is 5.97 Å². The quantitative estimate of drug-likeness (QED) is 0.716. The van der Waals surface area contributed by atoms with Crippen LogP contribution in [0.15, 0.2) is 18.3 Å². The molecular formula is C9H11NO3. The van der Waals surface area contributed by atoms with Crippen LogP contribution in [0.3, 0.4) is 0 Å². The molecule has 1 heterocycles. The van der Waals surface area contributed by atoms with Gasteiger partial charge in [-0.2, -0.15) is 0 Å². The van der Waals surface area contributed by atoms with Crippen LogP contribution in [0.25, 0.3) is 0 Å². The molecule has 0 radical (unpaired) electrons. The van der Waals surface area contributed by atoms with Crippen LogP contribution in [0.1, 0.15) is 30.4 Å². The standard InChI is InChI=1S/C9H11NO3/c1-6(9(12)13)10-5-3-4-8(10)7(2)11/h3-6H,1-2H3,(H,12,13)/t6-/m0/s1. The molecule has 1 aromatic heterocycles. The second-order valence-corrected chi connectivity index (χ2v) is 2.87. The van der Waals surface area contributed by atoms with E-state index in [1.54, 1.807) is 18.3 Å². The van der Waals surface area contributed by atoms with Gasteiger partial charge in [0.15, 0.2) is 5.78 Å². The zero-order valence-corrected chi connectivity index (χ0v) is 7.52. The number of hydrogen-bond donors (Lipinski definition) is 1. The molecule has 0 saturated carbocycles. The van der Waals surface area contributed by atoms with Crippen LogP contribution in [0, 0.1) is 0 Å². The summed E-state index contributed by atoms with van der Waals surface area (Å²) >= 11 is 0. The first kappa shape index (κ1) is 9.51. The van der Waals surface area contributed by atoms with E-state index in [0.717, 1.165) is 0 Å². The number of nitrogens with zero attached hydrogens (tertiary/aromatic N) is 1. The molecule has 13 heavy (non-hydrogen) atoms. The molecule has 0 spiro atoms. The molecule has 1 N–H and O–H groups in total. The van der Waals surface area contributed by atoms with Gasteiger partial charge in [-0.25, -0.2) is 4.79 Å². The monoisotopic (exact) mass is 181 g/mol. The molecule has 0 amide bonds. The Morgan fingerprint density at radius 3 is 2.62 bits per heavy atom. The number of carbonyl (C=O) groups is 2. The zero-order chi connectivity index (χ0) is 10.0. The van der Waals surface area contributed by atoms with Crippen LogP contribution < -0.4 is 0 Å². The van der Waals surface area contributed by atoms with E-state index in [2.05, 4.69) is 0 Å². The predicted molar refractivity (Wildman–Crippen MR) is 46.8 cm³/mol. The molecule has 1 rings (SSSR count). The van der Waals surface area contributed by atoms with E-state index in [4.69, 9.17) is 5.11 Å². The van der Waals surface area contributed by atoms with Crippen LogP contribution in [-0.4, -0.2) is 21.4 Å². The minimum Gasteiger partial charge on any atom is -0.480 e. The lowest BCUT2D eigenvalue weighted by Gasteiger charge is -2.11. The number of carboxylic acid groups (broad SMARTS) is 1. The van der Waals surface area contributed by atoms with Gasteiger partial charge in [0.05, 0.1) is 5.69 Å². The Morgan fingerprint density at radius 1 is 1.54 bits per heavy atom. The summed E-state index contributed by atoms with van der Waals surface area (Å²) in [5.74, 6) is -1.07. The molecule has 0 bridgehead atoms. The predicted octanol–water partition coefficient (Wildman–Crippen LogP) is 1.34. The van der Waals surface area contributed by atoms with Gasteiger partial charge in [-0.05, 0) is 19.1 Å². The van der Waals surface area contributed by atoms with Crippen LogP contribution >= 0.6 is 0 Å². The number of ketones is 1. The van der Waals surface area contributed by atoms with Crippen molar-refractivity contribution in [2.45, 2.75) is 19.9 Å². The summed E-state index contributed by atoms with van der Waals surface area (Å²) in [4.78, 5) is 21.7. The van der Waals surface area contributed by atoms with Gasteiger partial charge in [-0.3, -0.25) is 4.79 Å². The summed E-state index contributed by atoms with van der Waals surface area (Å²) in [7, 11) is 0. The first-order valence-electron chi connectivity index (χ1n) is 3.94. The Kier molecular flexibility index (Phi) is 2.51. The third kappa shape index (κ3) is 1.77. The highest BCUT2D eigenvalue weighted by molar-refractivity contribution is 5.93. The van der Waals surface area contributed by atoms with Crippen molar-refractivity contribution >= 4 is 11.8 Å². The van der Waals surface area contributed by atoms with Gasteiger partial charge in [0.2, 0.25) is 0 Å². The van der Waals surface area contributed by atoms with Crippen molar-refractivity contribution in [3.05, 3.63) is 24.0 Å². The molecule has 0 aliphatic rings. The highest BCUT2D eigenvalue weighted by Gasteiger charge is 2.16. The maximum Gasteiger partial charge on any atom is 0.326 e. The van der Waals surface area contributed by atoms with Crippen molar-refractivity contribution in [3.8, 4) is 0 Å². The minimum absolute atomic E-state index is 0.127. The summed E-state index contributed by atoms with van der Waals surface area (Å²) in [6, 6.07) is 2.58. The van der Waals surface area contributed by atoms with Crippen LogP contribution in [0.2, 0.25) is 0 Å². The lowest BCUT2D eigenvalue weighted by Crippen LogP contribution is -2.18. The SMILES string of the molecule is CC(=O)c1cccn1[C@@H](C)C(=O)O. The molecule has 0 saturated heterocycles. The second-order valence-electron chi connectivity index (χ2n) is 2.87. The van der Waals surface area contributed by atoms with Crippen molar-refractivity contribution in [1.82, 2.24) is 4.57 Å². The summed E-state index contributed by atoms with van der Waals surface area (Å²) in [6.45, 7) is 2.95. The summed E-state index contributed by atoms with van der Waals surface area (Å²) < 4.78 is 1.45. The molecular weight excluding hydrogens is 170 g/mol. The Morgan fingerprint density at radius 2 is 2.15 bits per heavy atom. The fraction of sp³-hybridized carbons (Fsp3) is 0.333.